The third kappa shape index (κ3) is 4.70. The van der Waals surface area contributed by atoms with E-state index in [0.717, 1.165) is 5.56 Å². The van der Waals surface area contributed by atoms with Crippen molar-refractivity contribution >= 4 is 29.2 Å². The van der Waals surface area contributed by atoms with Gasteiger partial charge in [-0.1, -0.05) is 41.9 Å². The third-order valence-corrected chi connectivity index (χ3v) is 5.29. The molecular weight excluding hydrogens is 434 g/mol. The second-order valence-electron chi connectivity index (χ2n) is 7.29. The van der Waals surface area contributed by atoms with E-state index in [1.165, 1.54) is 11.6 Å². The number of nitrogens with one attached hydrogen (secondary N) is 1. The number of amides is 1. The Morgan fingerprint density at radius 2 is 1.88 bits per heavy atom. The van der Waals surface area contributed by atoms with Gasteiger partial charge in [0, 0.05) is 11.8 Å². The van der Waals surface area contributed by atoms with Crippen LogP contribution in [0.4, 0.5) is 5.69 Å². The number of carbonyl (C=O) groups is 2. The molecule has 1 aromatic heterocycles. The van der Waals surface area contributed by atoms with Crippen LogP contribution in [0.15, 0.2) is 48.5 Å². The van der Waals surface area contributed by atoms with Crippen LogP contribution in [0, 0.1) is 6.92 Å². The van der Waals surface area contributed by atoms with E-state index in [1.807, 2.05) is 30.3 Å². The summed E-state index contributed by atoms with van der Waals surface area (Å²) >= 11 is 6.41. The summed E-state index contributed by atoms with van der Waals surface area (Å²) in [6, 6.07) is 14.7. The molecular formula is C23H22ClN3O5. The maximum Gasteiger partial charge on any atom is 0.343 e. The van der Waals surface area contributed by atoms with Gasteiger partial charge in [0.05, 0.1) is 12.2 Å². The second-order valence-corrected chi connectivity index (χ2v) is 7.65. The van der Waals surface area contributed by atoms with Crippen LogP contribution in [0.25, 0.3) is 0 Å². The Bertz CT molecular complexity index is 1150. The zero-order chi connectivity index (χ0) is 22.7. The quantitative estimate of drug-likeness (QED) is 0.568. The van der Waals surface area contributed by atoms with Gasteiger partial charge in [0.25, 0.3) is 5.91 Å². The number of esters is 1. The van der Waals surface area contributed by atoms with E-state index >= 15 is 0 Å². The summed E-state index contributed by atoms with van der Waals surface area (Å²) < 4.78 is 17.9. The number of aromatic nitrogens is 2. The lowest BCUT2D eigenvalue weighted by Crippen LogP contribution is -2.30. The number of benzene rings is 2. The highest BCUT2D eigenvalue weighted by Crippen LogP contribution is 2.32. The minimum atomic E-state index is -1.05. The van der Waals surface area contributed by atoms with E-state index in [4.69, 9.17) is 25.8 Å². The molecule has 1 amide bonds. The van der Waals surface area contributed by atoms with Gasteiger partial charge >= 0.3 is 5.97 Å². The lowest BCUT2D eigenvalue weighted by atomic mass is 10.2. The molecule has 0 fully saturated rings. The van der Waals surface area contributed by atoms with Gasteiger partial charge < -0.3 is 19.5 Å². The van der Waals surface area contributed by atoms with Gasteiger partial charge in [0.2, 0.25) is 0 Å². The van der Waals surface area contributed by atoms with Crippen LogP contribution in [0.1, 0.15) is 28.5 Å². The van der Waals surface area contributed by atoms with Crippen molar-refractivity contribution in [3.8, 4) is 11.5 Å². The fourth-order valence-corrected chi connectivity index (χ4v) is 3.60. The highest BCUT2D eigenvalue weighted by atomic mass is 35.5. The van der Waals surface area contributed by atoms with E-state index in [1.54, 1.807) is 25.1 Å². The van der Waals surface area contributed by atoms with Crippen molar-refractivity contribution < 1.29 is 23.8 Å². The van der Waals surface area contributed by atoms with E-state index < -0.39 is 18.0 Å². The number of ether oxygens (including phenoxy) is 3. The van der Waals surface area contributed by atoms with Crippen LogP contribution in [0.2, 0.25) is 5.15 Å². The maximum absolute atomic E-state index is 12.7. The first kappa shape index (κ1) is 21.7. The Morgan fingerprint density at radius 1 is 1.16 bits per heavy atom. The SMILES string of the molecule is Cc1nn(Cc2ccccc2)c(Cl)c1C(=O)OC(C)C(=O)Nc1ccc2c(c1)OCCO2. The first-order chi connectivity index (χ1) is 15.4. The molecule has 0 saturated heterocycles. The summed E-state index contributed by atoms with van der Waals surface area (Å²) in [5, 5.41) is 7.22. The van der Waals surface area contributed by atoms with E-state index in [9.17, 15) is 9.59 Å². The summed E-state index contributed by atoms with van der Waals surface area (Å²) in [6.45, 7) is 4.49. The van der Waals surface area contributed by atoms with Crippen LogP contribution in [0.5, 0.6) is 11.5 Å². The molecule has 1 aliphatic rings. The molecule has 8 nitrogen and oxygen atoms in total. The van der Waals surface area contributed by atoms with Gasteiger partial charge in [-0.05, 0) is 31.5 Å². The molecule has 0 spiro atoms. The van der Waals surface area contributed by atoms with Gasteiger partial charge in [-0.2, -0.15) is 5.10 Å². The Morgan fingerprint density at radius 3 is 2.62 bits per heavy atom. The zero-order valence-electron chi connectivity index (χ0n) is 17.6. The first-order valence-corrected chi connectivity index (χ1v) is 10.5. The molecule has 9 heteroatoms. The van der Waals surface area contributed by atoms with Crippen LogP contribution in [-0.4, -0.2) is 41.0 Å². The number of hydrogen-bond acceptors (Lipinski definition) is 6. The molecule has 1 atom stereocenters. The Balaban J connectivity index is 1.41. The van der Waals surface area contributed by atoms with E-state index in [-0.39, 0.29) is 10.7 Å². The lowest BCUT2D eigenvalue weighted by molar-refractivity contribution is -0.123. The molecule has 0 aliphatic carbocycles. The summed E-state index contributed by atoms with van der Waals surface area (Å²) in [6.07, 6.45) is -1.05. The Labute approximate surface area is 190 Å². The number of anilines is 1. The summed E-state index contributed by atoms with van der Waals surface area (Å²) in [7, 11) is 0. The highest BCUT2D eigenvalue weighted by molar-refractivity contribution is 6.32. The van der Waals surface area contributed by atoms with Crippen molar-refractivity contribution in [1.29, 1.82) is 0 Å². The van der Waals surface area contributed by atoms with Gasteiger partial charge in [0.1, 0.15) is 23.9 Å². The molecule has 4 rings (SSSR count). The summed E-state index contributed by atoms with van der Waals surface area (Å²) in [5.41, 5.74) is 2.06. The zero-order valence-corrected chi connectivity index (χ0v) is 18.4. The fraction of sp³-hybridized carbons (Fsp3) is 0.261. The lowest BCUT2D eigenvalue weighted by Gasteiger charge is -2.19. The molecule has 0 saturated carbocycles. The Kier molecular flexibility index (Phi) is 6.32. The number of fused-ring (bicyclic) bond motifs is 1. The number of halogens is 1. The molecule has 0 radical (unpaired) electrons. The van der Waals surface area contributed by atoms with E-state index in [2.05, 4.69) is 10.4 Å². The van der Waals surface area contributed by atoms with Crippen molar-refractivity contribution in [3.05, 3.63) is 70.5 Å². The van der Waals surface area contributed by atoms with Crippen molar-refractivity contribution in [3.63, 3.8) is 0 Å². The van der Waals surface area contributed by atoms with Gasteiger partial charge in [-0.3, -0.25) is 4.79 Å². The normalized spacial score (nSPS) is 13.3. The molecule has 1 unspecified atom stereocenters. The second kappa shape index (κ2) is 9.32. The van der Waals surface area contributed by atoms with Crippen molar-refractivity contribution in [2.24, 2.45) is 0 Å². The maximum atomic E-state index is 12.7. The molecule has 0 bridgehead atoms. The smallest absolute Gasteiger partial charge is 0.343 e. The molecule has 32 heavy (non-hydrogen) atoms. The highest BCUT2D eigenvalue weighted by Gasteiger charge is 2.26. The molecule has 166 valence electrons. The molecule has 1 N–H and O–H groups in total. The average molecular weight is 456 g/mol. The van der Waals surface area contributed by atoms with Crippen molar-refractivity contribution in [1.82, 2.24) is 9.78 Å². The third-order valence-electron chi connectivity index (χ3n) is 4.91. The van der Waals surface area contributed by atoms with Gasteiger partial charge in [-0.25, -0.2) is 9.48 Å². The molecule has 1 aliphatic heterocycles. The predicted octanol–water partition coefficient (Wildman–Crippen LogP) is 3.85. The number of carbonyl (C=O) groups excluding carboxylic acids is 2. The topological polar surface area (TPSA) is 91.7 Å². The molecule has 3 aromatic rings. The van der Waals surface area contributed by atoms with Crippen LogP contribution in [0.3, 0.4) is 0 Å². The van der Waals surface area contributed by atoms with Crippen LogP contribution >= 0.6 is 11.6 Å². The van der Waals surface area contributed by atoms with Gasteiger partial charge in [-0.15, -0.1) is 0 Å². The number of rotatable bonds is 6. The van der Waals surface area contributed by atoms with Gasteiger partial charge in [0.15, 0.2) is 17.6 Å². The number of hydrogen-bond donors (Lipinski definition) is 1. The average Bonchev–Trinajstić information content (AvgIpc) is 3.07. The van der Waals surface area contributed by atoms with E-state index in [0.29, 0.717) is 42.6 Å². The minimum absolute atomic E-state index is 0.140. The fourth-order valence-electron chi connectivity index (χ4n) is 3.28. The Hall–Kier alpha value is -3.52. The number of nitrogens with zero attached hydrogens (tertiary/aromatic N) is 2. The monoisotopic (exact) mass is 455 g/mol. The van der Waals surface area contributed by atoms with Crippen LogP contribution in [-0.2, 0) is 16.1 Å². The predicted molar refractivity (Wildman–Crippen MR) is 118 cm³/mol. The van der Waals surface area contributed by atoms with Crippen LogP contribution < -0.4 is 14.8 Å². The van der Waals surface area contributed by atoms with Crippen molar-refractivity contribution in [2.45, 2.75) is 26.5 Å². The summed E-state index contributed by atoms with van der Waals surface area (Å²) in [4.78, 5) is 25.3. The summed E-state index contributed by atoms with van der Waals surface area (Å²) in [5.74, 6) is -0.0320. The first-order valence-electron chi connectivity index (χ1n) is 10.1. The standard InChI is InChI=1S/C23H22ClN3O5/c1-14-20(21(24)27(26-14)13-16-6-4-3-5-7-16)23(29)32-15(2)22(28)25-17-8-9-18-19(12-17)31-11-10-30-18/h3-9,12,15H,10-11,13H2,1-2H3,(H,25,28). The molecule has 2 heterocycles. The minimum Gasteiger partial charge on any atom is -0.486 e. The largest absolute Gasteiger partial charge is 0.486 e. The van der Waals surface area contributed by atoms with Crippen molar-refractivity contribution in [2.75, 3.05) is 18.5 Å². The number of aryl methyl sites for hydroxylation is 1. The molecule has 2 aromatic carbocycles.